The standard InChI is InChI=1S/C16H10BO3/c18-17-20-14-7-3-6-12-13-8-10-4-1-2-5-11(10)9-15(13)19-16(12)14/h1-9,18H. The van der Waals surface area contributed by atoms with E-state index in [1.54, 1.807) is 6.07 Å². The third kappa shape index (κ3) is 1.59. The highest BCUT2D eigenvalue weighted by Crippen LogP contribution is 2.36. The van der Waals surface area contributed by atoms with E-state index in [1.165, 1.54) is 5.39 Å². The molecule has 1 N–H and O–H groups in total. The number of benzene rings is 3. The summed E-state index contributed by atoms with van der Waals surface area (Å²) in [6.45, 7) is 0. The molecule has 0 aliphatic rings. The maximum Gasteiger partial charge on any atom is 0.569 e. The SMILES string of the molecule is O[B]Oc1cccc2c1oc1cc3ccccc3cc12. The lowest BCUT2D eigenvalue weighted by Crippen LogP contribution is -1.99. The molecule has 0 fully saturated rings. The number of furan rings is 1. The summed E-state index contributed by atoms with van der Waals surface area (Å²) in [7, 11) is 0.665. The zero-order valence-corrected chi connectivity index (χ0v) is 10.5. The van der Waals surface area contributed by atoms with Crippen LogP contribution in [0.5, 0.6) is 5.75 Å². The van der Waals surface area contributed by atoms with Gasteiger partial charge in [0.1, 0.15) is 11.3 Å². The van der Waals surface area contributed by atoms with Gasteiger partial charge in [0.05, 0.1) is 0 Å². The van der Waals surface area contributed by atoms with Crippen LogP contribution < -0.4 is 4.65 Å². The Morgan fingerprint density at radius 3 is 2.50 bits per heavy atom. The molecule has 0 aliphatic carbocycles. The fourth-order valence-electron chi connectivity index (χ4n) is 2.61. The number of hydrogen-bond donors (Lipinski definition) is 1. The van der Waals surface area contributed by atoms with Crippen molar-refractivity contribution in [2.45, 2.75) is 0 Å². The highest BCUT2D eigenvalue weighted by molar-refractivity contribution is 6.18. The summed E-state index contributed by atoms with van der Waals surface area (Å²) in [6, 6.07) is 17.9. The molecule has 0 atom stereocenters. The van der Waals surface area contributed by atoms with Gasteiger partial charge in [-0.2, -0.15) is 0 Å². The Kier molecular flexibility index (Phi) is 2.44. The zero-order chi connectivity index (χ0) is 13.5. The average Bonchev–Trinajstić information content (AvgIpc) is 2.84. The van der Waals surface area contributed by atoms with Crippen molar-refractivity contribution in [3.8, 4) is 5.75 Å². The minimum Gasteiger partial charge on any atom is -0.535 e. The summed E-state index contributed by atoms with van der Waals surface area (Å²) in [4.78, 5) is 0. The van der Waals surface area contributed by atoms with Gasteiger partial charge in [0.2, 0.25) is 0 Å². The molecule has 0 spiro atoms. The first-order valence-electron chi connectivity index (χ1n) is 6.33. The van der Waals surface area contributed by atoms with Crippen molar-refractivity contribution in [1.82, 2.24) is 0 Å². The molecule has 4 aromatic rings. The van der Waals surface area contributed by atoms with Crippen LogP contribution in [0.2, 0.25) is 0 Å². The van der Waals surface area contributed by atoms with Crippen LogP contribution in [0.25, 0.3) is 32.7 Å². The Labute approximate surface area is 115 Å². The van der Waals surface area contributed by atoms with Crippen molar-refractivity contribution < 1.29 is 14.1 Å². The van der Waals surface area contributed by atoms with Crippen LogP contribution in [-0.2, 0) is 0 Å². The lowest BCUT2D eigenvalue weighted by Gasteiger charge is -2.00. The summed E-state index contributed by atoms with van der Waals surface area (Å²) in [5.74, 6) is 0.505. The van der Waals surface area contributed by atoms with E-state index in [2.05, 4.69) is 18.2 Å². The Morgan fingerprint density at radius 1 is 0.900 bits per heavy atom. The number of fused-ring (bicyclic) bond motifs is 4. The van der Waals surface area contributed by atoms with Gasteiger partial charge in [-0.3, -0.25) is 0 Å². The molecular formula is C16H10BO3. The largest absolute Gasteiger partial charge is 0.569 e. The van der Waals surface area contributed by atoms with Gasteiger partial charge in [0.25, 0.3) is 0 Å². The second-order valence-electron chi connectivity index (χ2n) is 4.65. The second kappa shape index (κ2) is 4.29. The van der Waals surface area contributed by atoms with E-state index in [9.17, 15) is 0 Å². The summed E-state index contributed by atoms with van der Waals surface area (Å²) >= 11 is 0. The third-order valence-electron chi connectivity index (χ3n) is 3.51. The molecule has 0 amide bonds. The summed E-state index contributed by atoms with van der Waals surface area (Å²) < 4.78 is 11.0. The van der Waals surface area contributed by atoms with Crippen molar-refractivity contribution in [3.63, 3.8) is 0 Å². The van der Waals surface area contributed by atoms with Crippen molar-refractivity contribution in [2.75, 3.05) is 0 Å². The van der Waals surface area contributed by atoms with Gasteiger partial charge in [0, 0.05) is 10.8 Å². The second-order valence-corrected chi connectivity index (χ2v) is 4.65. The number of hydrogen-bond acceptors (Lipinski definition) is 3. The molecule has 95 valence electrons. The maximum atomic E-state index is 8.82. The molecule has 1 heterocycles. The fraction of sp³-hybridized carbons (Fsp3) is 0. The zero-order valence-electron chi connectivity index (χ0n) is 10.5. The predicted molar refractivity (Wildman–Crippen MR) is 79.8 cm³/mol. The van der Waals surface area contributed by atoms with Crippen LogP contribution in [0.3, 0.4) is 0 Å². The third-order valence-corrected chi connectivity index (χ3v) is 3.51. The minimum absolute atomic E-state index is 0.505. The minimum atomic E-state index is 0.505. The highest BCUT2D eigenvalue weighted by Gasteiger charge is 2.12. The summed E-state index contributed by atoms with van der Waals surface area (Å²) in [6.07, 6.45) is 0. The smallest absolute Gasteiger partial charge is 0.535 e. The highest BCUT2D eigenvalue weighted by atomic mass is 16.5. The quantitative estimate of drug-likeness (QED) is 0.560. The van der Waals surface area contributed by atoms with Gasteiger partial charge >= 0.3 is 7.69 Å². The van der Waals surface area contributed by atoms with E-state index in [-0.39, 0.29) is 0 Å². The molecule has 0 unspecified atom stereocenters. The van der Waals surface area contributed by atoms with E-state index in [0.717, 1.165) is 21.7 Å². The van der Waals surface area contributed by atoms with Crippen LogP contribution in [0.4, 0.5) is 0 Å². The topological polar surface area (TPSA) is 42.6 Å². The molecule has 0 bridgehead atoms. The monoisotopic (exact) mass is 261 g/mol. The fourth-order valence-corrected chi connectivity index (χ4v) is 2.61. The first-order chi connectivity index (χ1) is 9.86. The van der Waals surface area contributed by atoms with Crippen LogP contribution in [0.1, 0.15) is 0 Å². The molecule has 4 heteroatoms. The molecule has 20 heavy (non-hydrogen) atoms. The van der Waals surface area contributed by atoms with Gasteiger partial charge in [0.15, 0.2) is 5.58 Å². The first kappa shape index (κ1) is 11.4. The number of para-hydroxylation sites is 1. The molecule has 4 rings (SSSR count). The van der Waals surface area contributed by atoms with Crippen LogP contribution in [0, 0.1) is 0 Å². The van der Waals surface area contributed by atoms with Gasteiger partial charge < -0.3 is 14.1 Å². The maximum absolute atomic E-state index is 8.82. The Bertz CT molecular complexity index is 927. The molecule has 1 radical (unpaired) electrons. The van der Waals surface area contributed by atoms with Crippen molar-refractivity contribution in [2.24, 2.45) is 0 Å². The molecule has 0 saturated carbocycles. The Balaban J connectivity index is 2.13. The van der Waals surface area contributed by atoms with Crippen molar-refractivity contribution in [3.05, 3.63) is 54.6 Å². The Hall–Kier alpha value is -2.46. The van der Waals surface area contributed by atoms with Crippen LogP contribution >= 0.6 is 0 Å². The normalized spacial score (nSPS) is 11.2. The van der Waals surface area contributed by atoms with E-state index in [4.69, 9.17) is 14.1 Å². The van der Waals surface area contributed by atoms with Crippen molar-refractivity contribution >= 4 is 40.4 Å². The lowest BCUT2D eigenvalue weighted by atomic mass is 10.1. The van der Waals surface area contributed by atoms with Crippen LogP contribution in [-0.4, -0.2) is 12.7 Å². The summed E-state index contributed by atoms with van der Waals surface area (Å²) in [5.41, 5.74) is 1.45. The Morgan fingerprint density at radius 2 is 1.70 bits per heavy atom. The van der Waals surface area contributed by atoms with Gasteiger partial charge in [-0.15, -0.1) is 0 Å². The van der Waals surface area contributed by atoms with E-state index in [1.807, 2.05) is 30.3 Å². The molecule has 0 aliphatic heterocycles. The number of rotatable bonds is 2. The van der Waals surface area contributed by atoms with Gasteiger partial charge in [-0.05, 0) is 29.0 Å². The van der Waals surface area contributed by atoms with E-state index >= 15 is 0 Å². The predicted octanol–water partition coefficient (Wildman–Crippen LogP) is 3.64. The molecule has 0 saturated heterocycles. The summed E-state index contributed by atoms with van der Waals surface area (Å²) in [5, 5.41) is 13.1. The van der Waals surface area contributed by atoms with E-state index < -0.39 is 0 Å². The van der Waals surface area contributed by atoms with Gasteiger partial charge in [-0.25, -0.2) is 0 Å². The van der Waals surface area contributed by atoms with Crippen molar-refractivity contribution in [1.29, 1.82) is 0 Å². The average molecular weight is 261 g/mol. The lowest BCUT2D eigenvalue weighted by molar-refractivity contribution is 0.451. The molecular weight excluding hydrogens is 251 g/mol. The molecule has 3 aromatic carbocycles. The van der Waals surface area contributed by atoms with E-state index in [0.29, 0.717) is 19.0 Å². The molecule has 3 nitrogen and oxygen atoms in total. The first-order valence-corrected chi connectivity index (χ1v) is 6.33. The van der Waals surface area contributed by atoms with Crippen LogP contribution in [0.15, 0.2) is 59.0 Å². The molecule has 1 aromatic heterocycles. The van der Waals surface area contributed by atoms with Gasteiger partial charge in [-0.1, -0.05) is 36.4 Å².